The van der Waals surface area contributed by atoms with Crippen molar-refractivity contribution in [2.45, 2.75) is 6.42 Å². The van der Waals surface area contributed by atoms with Gasteiger partial charge in [0.05, 0.1) is 0 Å². The van der Waals surface area contributed by atoms with E-state index in [9.17, 15) is 9.59 Å². The van der Waals surface area contributed by atoms with E-state index in [0.717, 1.165) is 0 Å². The second kappa shape index (κ2) is 3.08. The number of aliphatic carboxylic acids is 1. The minimum absolute atomic E-state index is 0.218. The third-order valence-corrected chi connectivity index (χ3v) is 1.39. The number of carboxylic acids is 1. The van der Waals surface area contributed by atoms with Crippen LogP contribution in [0, 0.1) is 0 Å². The molecule has 1 amide bonds. The largest absolute Gasteiger partial charge is 0.477 e. The molecule has 5 heteroatoms. The van der Waals surface area contributed by atoms with Crippen LogP contribution < -0.4 is 0 Å². The first kappa shape index (κ1) is 8.32. The maximum atomic E-state index is 10.5. The molecule has 0 aromatic heterocycles. The van der Waals surface area contributed by atoms with Gasteiger partial charge in [0.25, 0.3) is 0 Å². The molecule has 0 radical (unpaired) electrons. The summed E-state index contributed by atoms with van der Waals surface area (Å²) in [4.78, 5) is 21.6. The quantitative estimate of drug-likeness (QED) is 0.610. The second-order valence-corrected chi connectivity index (χ2v) is 2.17. The Morgan fingerprint density at radius 3 is 2.50 bits per heavy atom. The van der Waals surface area contributed by atoms with Crippen molar-refractivity contribution in [3.05, 3.63) is 24.0 Å². The van der Waals surface area contributed by atoms with Gasteiger partial charge in [-0.05, 0) is 12.5 Å². The normalized spacial score (nSPS) is 15.7. The zero-order chi connectivity index (χ0) is 9.14. The lowest BCUT2D eigenvalue weighted by Gasteiger charge is -2.17. The molecule has 1 aliphatic rings. The van der Waals surface area contributed by atoms with Crippen molar-refractivity contribution >= 4 is 12.1 Å². The van der Waals surface area contributed by atoms with Crippen molar-refractivity contribution in [1.82, 2.24) is 4.90 Å². The summed E-state index contributed by atoms with van der Waals surface area (Å²) in [6.07, 6.45) is 3.30. The first-order chi connectivity index (χ1) is 5.63. The molecule has 0 saturated heterocycles. The Hall–Kier alpha value is -1.78. The first-order valence-electron chi connectivity index (χ1n) is 3.25. The molecule has 0 unspecified atom stereocenters. The van der Waals surface area contributed by atoms with Crippen molar-refractivity contribution in [2.24, 2.45) is 0 Å². The summed E-state index contributed by atoms with van der Waals surface area (Å²) >= 11 is 0. The highest BCUT2D eigenvalue weighted by Gasteiger charge is 2.21. The third-order valence-electron chi connectivity index (χ3n) is 1.39. The summed E-state index contributed by atoms with van der Waals surface area (Å²) < 4.78 is 0. The van der Waals surface area contributed by atoms with Crippen LogP contribution in [0.3, 0.4) is 0 Å². The SMILES string of the molecule is O=C(O)C1=CCC=CN1C(=O)O. The number of carboxylic acid groups (broad SMARTS) is 2. The Morgan fingerprint density at radius 1 is 1.42 bits per heavy atom. The highest BCUT2D eigenvalue weighted by Crippen LogP contribution is 2.12. The first-order valence-corrected chi connectivity index (χ1v) is 3.25. The molecule has 0 saturated carbocycles. The van der Waals surface area contributed by atoms with Gasteiger partial charge >= 0.3 is 12.1 Å². The van der Waals surface area contributed by atoms with Gasteiger partial charge in [-0.15, -0.1) is 0 Å². The Kier molecular flexibility index (Phi) is 2.14. The van der Waals surface area contributed by atoms with E-state index in [4.69, 9.17) is 10.2 Å². The van der Waals surface area contributed by atoms with Gasteiger partial charge in [0.15, 0.2) is 0 Å². The fraction of sp³-hybridized carbons (Fsp3) is 0.143. The van der Waals surface area contributed by atoms with Crippen LogP contribution in [0.4, 0.5) is 4.79 Å². The Balaban J connectivity index is 2.90. The number of hydrogen-bond acceptors (Lipinski definition) is 2. The molecule has 2 N–H and O–H groups in total. The molecule has 5 nitrogen and oxygen atoms in total. The molecule has 0 spiro atoms. The highest BCUT2D eigenvalue weighted by atomic mass is 16.4. The van der Waals surface area contributed by atoms with E-state index in [-0.39, 0.29) is 5.70 Å². The highest BCUT2D eigenvalue weighted by molar-refractivity contribution is 5.91. The molecule has 0 aromatic rings. The Bertz CT molecular complexity index is 279. The van der Waals surface area contributed by atoms with Crippen LogP contribution in [0.2, 0.25) is 0 Å². The molecule has 0 bridgehead atoms. The van der Waals surface area contributed by atoms with Crippen molar-refractivity contribution < 1.29 is 19.8 Å². The van der Waals surface area contributed by atoms with Crippen LogP contribution in [0.1, 0.15) is 6.42 Å². The summed E-state index contributed by atoms with van der Waals surface area (Å²) in [7, 11) is 0. The van der Waals surface area contributed by atoms with Gasteiger partial charge in [0.2, 0.25) is 0 Å². The molecular weight excluding hydrogens is 162 g/mol. The minimum atomic E-state index is -1.29. The molecule has 64 valence electrons. The predicted molar refractivity (Wildman–Crippen MR) is 39.3 cm³/mol. The molecule has 1 heterocycles. The number of hydrogen-bond donors (Lipinski definition) is 2. The molecule has 0 aromatic carbocycles. The number of nitrogens with zero attached hydrogens (tertiary/aromatic N) is 1. The number of rotatable bonds is 1. The number of carbonyl (C=O) groups is 2. The van der Waals surface area contributed by atoms with E-state index in [1.165, 1.54) is 12.3 Å². The lowest BCUT2D eigenvalue weighted by atomic mass is 10.2. The lowest BCUT2D eigenvalue weighted by Crippen LogP contribution is -2.28. The van der Waals surface area contributed by atoms with Gasteiger partial charge in [-0.3, -0.25) is 0 Å². The van der Waals surface area contributed by atoms with Gasteiger partial charge in [0.1, 0.15) is 5.70 Å². The molecule has 0 fully saturated rings. The Morgan fingerprint density at radius 2 is 2.08 bits per heavy atom. The molecule has 1 aliphatic heterocycles. The number of amides is 1. The molecule has 1 rings (SSSR count). The average molecular weight is 169 g/mol. The monoisotopic (exact) mass is 169 g/mol. The van der Waals surface area contributed by atoms with Crippen LogP contribution in [0.15, 0.2) is 24.0 Å². The smallest absolute Gasteiger partial charge is 0.416 e. The average Bonchev–Trinajstić information content (AvgIpc) is 2.04. The summed E-state index contributed by atoms with van der Waals surface area (Å²) in [6.45, 7) is 0. The zero-order valence-electron chi connectivity index (χ0n) is 6.10. The zero-order valence-corrected chi connectivity index (χ0v) is 6.10. The fourth-order valence-corrected chi connectivity index (χ4v) is 0.882. The second-order valence-electron chi connectivity index (χ2n) is 2.17. The van der Waals surface area contributed by atoms with E-state index >= 15 is 0 Å². The van der Waals surface area contributed by atoms with Crippen LogP contribution in [0.25, 0.3) is 0 Å². The van der Waals surface area contributed by atoms with Gasteiger partial charge in [0, 0.05) is 6.20 Å². The number of allylic oxidation sites excluding steroid dienone is 2. The topological polar surface area (TPSA) is 77.8 Å². The van der Waals surface area contributed by atoms with Crippen LogP contribution in [-0.4, -0.2) is 27.2 Å². The standard InChI is InChI=1S/C7H7NO4/c9-6(10)5-3-1-2-4-8(5)7(11)12/h2-4H,1H2,(H,9,10)(H,11,12). The summed E-state index contributed by atoms with van der Waals surface area (Å²) in [5, 5.41) is 17.1. The van der Waals surface area contributed by atoms with E-state index < -0.39 is 12.1 Å². The maximum absolute atomic E-state index is 10.5. The van der Waals surface area contributed by atoms with Gasteiger partial charge in [-0.1, -0.05) is 6.08 Å². The van der Waals surface area contributed by atoms with E-state index in [1.807, 2.05) is 0 Å². The van der Waals surface area contributed by atoms with E-state index in [1.54, 1.807) is 6.08 Å². The van der Waals surface area contributed by atoms with Crippen molar-refractivity contribution in [2.75, 3.05) is 0 Å². The van der Waals surface area contributed by atoms with Crippen LogP contribution in [-0.2, 0) is 4.79 Å². The van der Waals surface area contributed by atoms with Gasteiger partial charge in [-0.25, -0.2) is 14.5 Å². The summed E-state index contributed by atoms with van der Waals surface area (Å²) in [5.41, 5.74) is -0.218. The minimum Gasteiger partial charge on any atom is -0.477 e. The van der Waals surface area contributed by atoms with Crippen molar-refractivity contribution in [1.29, 1.82) is 0 Å². The van der Waals surface area contributed by atoms with Crippen molar-refractivity contribution in [3.8, 4) is 0 Å². The molecule has 0 atom stereocenters. The fourth-order valence-electron chi connectivity index (χ4n) is 0.882. The van der Waals surface area contributed by atoms with Gasteiger partial charge < -0.3 is 10.2 Å². The van der Waals surface area contributed by atoms with E-state index in [2.05, 4.69) is 0 Å². The van der Waals surface area contributed by atoms with Crippen LogP contribution >= 0.6 is 0 Å². The Labute approximate surface area is 68.2 Å². The summed E-state index contributed by atoms with van der Waals surface area (Å²) in [5.74, 6) is -1.23. The lowest BCUT2D eigenvalue weighted by molar-refractivity contribution is -0.134. The summed E-state index contributed by atoms with van der Waals surface area (Å²) in [6, 6.07) is 0. The van der Waals surface area contributed by atoms with E-state index in [0.29, 0.717) is 11.3 Å². The van der Waals surface area contributed by atoms with Crippen molar-refractivity contribution in [3.63, 3.8) is 0 Å². The predicted octanol–water partition coefficient (Wildman–Crippen LogP) is 0.852. The third kappa shape index (κ3) is 1.45. The molecule has 12 heavy (non-hydrogen) atoms. The van der Waals surface area contributed by atoms with Gasteiger partial charge in [-0.2, -0.15) is 0 Å². The maximum Gasteiger partial charge on any atom is 0.416 e. The molecule has 0 aliphatic carbocycles. The van der Waals surface area contributed by atoms with Crippen LogP contribution in [0.5, 0.6) is 0 Å². The molecular formula is C7H7NO4.